The molecule has 3 heteroatoms. The maximum atomic E-state index is 5.62. The van der Waals surface area contributed by atoms with Crippen molar-refractivity contribution in [1.29, 1.82) is 0 Å². The van der Waals surface area contributed by atoms with Crippen LogP contribution in [0.3, 0.4) is 0 Å². The van der Waals surface area contributed by atoms with Crippen LogP contribution in [0, 0.1) is 5.92 Å². The summed E-state index contributed by atoms with van der Waals surface area (Å²) in [6.07, 6.45) is 6.88. The molecule has 0 saturated heterocycles. The third-order valence-electron chi connectivity index (χ3n) is 3.25. The zero-order chi connectivity index (χ0) is 10.6. The van der Waals surface area contributed by atoms with Gasteiger partial charge in [-0.15, -0.1) is 0 Å². The lowest BCUT2D eigenvalue weighted by atomic mass is 9.94. The Labute approximate surface area is 92.8 Å². The molecule has 1 fully saturated rings. The standard InChI is InChI=1S/C11H22N2S/c1-9(11(12)14)8-13(2)10-6-4-3-5-7-10/h9-10H,3-8H2,1-2H3,(H2,12,14). The van der Waals surface area contributed by atoms with E-state index < -0.39 is 0 Å². The van der Waals surface area contributed by atoms with E-state index in [-0.39, 0.29) is 0 Å². The van der Waals surface area contributed by atoms with Crippen LogP contribution in [0.25, 0.3) is 0 Å². The number of nitrogens with two attached hydrogens (primary N) is 1. The van der Waals surface area contributed by atoms with E-state index >= 15 is 0 Å². The van der Waals surface area contributed by atoms with E-state index in [9.17, 15) is 0 Å². The van der Waals surface area contributed by atoms with Crippen LogP contribution in [0.15, 0.2) is 0 Å². The first kappa shape index (κ1) is 11.9. The van der Waals surface area contributed by atoms with Crippen molar-refractivity contribution < 1.29 is 0 Å². The SMILES string of the molecule is CC(CN(C)C1CCCCC1)C(N)=S. The van der Waals surface area contributed by atoms with Crippen LogP contribution in [0.1, 0.15) is 39.0 Å². The summed E-state index contributed by atoms with van der Waals surface area (Å²) >= 11 is 4.99. The Balaban J connectivity index is 2.32. The molecule has 2 nitrogen and oxygen atoms in total. The van der Waals surface area contributed by atoms with E-state index in [1.54, 1.807) is 0 Å². The highest BCUT2D eigenvalue weighted by molar-refractivity contribution is 7.80. The lowest BCUT2D eigenvalue weighted by Crippen LogP contribution is -2.39. The van der Waals surface area contributed by atoms with Crippen LogP contribution in [0.4, 0.5) is 0 Å². The Bertz CT molecular complexity index is 188. The van der Waals surface area contributed by atoms with Crippen molar-refractivity contribution in [2.24, 2.45) is 11.7 Å². The molecule has 0 radical (unpaired) electrons. The van der Waals surface area contributed by atoms with Gasteiger partial charge in [0.05, 0.1) is 4.99 Å². The maximum absolute atomic E-state index is 5.62. The topological polar surface area (TPSA) is 29.3 Å². The molecule has 1 saturated carbocycles. The quantitative estimate of drug-likeness (QED) is 0.727. The Morgan fingerprint density at radius 2 is 2.00 bits per heavy atom. The largest absolute Gasteiger partial charge is 0.393 e. The zero-order valence-corrected chi connectivity index (χ0v) is 10.1. The zero-order valence-electron chi connectivity index (χ0n) is 9.33. The van der Waals surface area contributed by atoms with E-state index in [4.69, 9.17) is 18.0 Å². The number of hydrogen-bond donors (Lipinski definition) is 1. The molecule has 1 aliphatic rings. The molecule has 0 aromatic rings. The second kappa shape index (κ2) is 5.66. The van der Waals surface area contributed by atoms with Gasteiger partial charge in [-0.1, -0.05) is 38.4 Å². The van der Waals surface area contributed by atoms with Crippen LogP contribution in [-0.4, -0.2) is 29.5 Å². The van der Waals surface area contributed by atoms with Gasteiger partial charge in [-0.25, -0.2) is 0 Å². The van der Waals surface area contributed by atoms with Crippen LogP contribution in [0.5, 0.6) is 0 Å². The molecule has 1 aliphatic carbocycles. The molecule has 14 heavy (non-hydrogen) atoms. The van der Waals surface area contributed by atoms with E-state index in [0.29, 0.717) is 10.9 Å². The predicted molar refractivity (Wildman–Crippen MR) is 65.5 cm³/mol. The minimum absolute atomic E-state index is 0.344. The van der Waals surface area contributed by atoms with Gasteiger partial charge in [-0.05, 0) is 19.9 Å². The van der Waals surface area contributed by atoms with Gasteiger partial charge in [0.15, 0.2) is 0 Å². The highest BCUT2D eigenvalue weighted by atomic mass is 32.1. The Morgan fingerprint density at radius 1 is 1.43 bits per heavy atom. The monoisotopic (exact) mass is 214 g/mol. The molecule has 0 amide bonds. The third-order valence-corrected chi connectivity index (χ3v) is 3.65. The van der Waals surface area contributed by atoms with Crippen molar-refractivity contribution in [3.63, 3.8) is 0 Å². The fourth-order valence-corrected chi connectivity index (χ4v) is 2.27. The Morgan fingerprint density at radius 3 is 2.50 bits per heavy atom. The van der Waals surface area contributed by atoms with Crippen LogP contribution < -0.4 is 5.73 Å². The van der Waals surface area contributed by atoms with Gasteiger partial charge in [0.2, 0.25) is 0 Å². The molecule has 1 atom stereocenters. The van der Waals surface area contributed by atoms with Gasteiger partial charge in [0.25, 0.3) is 0 Å². The van der Waals surface area contributed by atoms with Crippen molar-refractivity contribution in [2.75, 3.05) is 13.6 Å². The van der Waals surface area contributed by atoms with Crippen molar-refractivity contribution in [3.8, 4) is 0 Å². The first-order valence-electron chi connectivity index (χ1n) is 5.61. The highest BCUT2D eigenvalue weighted by Crippen LogP contribution is 2.22. The van der Waals surface area contributed by atoms with E-state index in [1.165, 1.54) is 32.1 Å². The van der Waals surface area contributed by atoms with Gasteiger partial charge < -0.3 is 10.6 Å². The average Bonchev–Trinajstić information content (AvgIpc) is 2.19. The summed E-state index contributed by atoms with van der Waals surface area (Å²) in [5.41, 5.74) is 5.62. The lowest BCUT2D eigenvalue weighted by molar-refractivity contribution is 0.183. The Kier molecular flexibility index (Phi) is 4.82. The van der Waals surface area contributed by atoms with Crippen LogP contribution in [0.2, 0.25) is 0 Å². The van der Waals surface area contributed by atoms with E-state index in [2.05, 4.69) is 18.9 Å². The second-order valence-electron chi connectivity index (χ2n) is 4.53. The summed E-state index contributed by atoms with van der Waals surface area (Å²) in [6, 6.07) is 0.764. The van der Waals surface area contributed by atoms with Gasteiger partial charge in [0, 0.05) is 18.5 Å². The first-order valence-corrected chi connectivity index (χ1v) is 6.01. The molecule has 0 aliphatic heterocycles. The lowest BCUT2D eigenvalue weighted by Gasteiger charge is -2.32. The number of thiocarbonyl (C=S) groups is 1. The fraction of sp³-hybridized carbons (Fsp3) is 0.909. The third kappa shape index (κ3) is 3.54. The van der Waals surface area contributed by atoms with E-state index in [1.807, 2.05) is 0 Å². The van der Waals surface area contributed by atoms with Crippen molar-refractivity contribution in [2.45, 2.75) is 45.1 Å². The van der Waals surface area contributed by atoms with Gasteiger partial charge in [-0.3, -0.25) is 0 Å². The van der Waals surface area contributed by atoms with Gasteiger partial charge >= 0.3 is 0 Å². The normalized spacial score (nSPS) is 21.1. The summed E-state index contributed by atoms with van der Waals surface area (Å²) in [6.45, 7) is 3.13. The fourth-order valence-electron chi connectivity index (χ4n) is 2.19. The molecule has 1 unspecified atom stereocenters. The summed E-state index contributed by atoms with van der Waals surface area (Å²) < 4.78 is 0. The molecule has 0 aromatic heterocycles. The van der Waals surface area contributed by atoms with Crippen molar-refractivity contribution in [1.82, 2.24) is 4.90 Å². The molecular formula is C11H22N2S. The van der Waals surface area contributed by atoms with E-state index in [0.717, 1.165) is 12.6 Å². The van der Waals surface area contributed by atoms with Crippen LogP contribution in [-0.2, 0) is 0 Å². The predicted octanol–water partition coefficient (Wildman–Crippen LogP) is 2.17. The number of nitrogens with zero attached hydrogens (tertiary/aromatic N) is 1. The number of hydrogen-bond acceptors (Lipinski definition) is 2. The van der Waals surface area contributed by atoms with Crippen LogP contribution >= 0.6 is 12.2 Å². The average molecular weight is 214 g/mol. The Hall–Kier alpha value is -0.150. The summed E-state index contributed by atoms with van der Waals surface area (Å²) in [5.74, 6) is 0.344. The molecule has 0 spiro atoms. The molecule has 0 aromatic carbocycles. The number of rotatable bonds is 4. The van der Waals surface area contributed by atoms with Gasteiger partial charge in [0.1, 0.15) is 0 Å². The summed E-state index contributed by atoms with van der Waals surface area (Å²) in [4.78, 5) is 3.08. The molecule has 2 N–H and O–H groups in total. The summed E-state index contributed by atoms with van der Waals surface area (Å²) in [7, 11) is 2.20. The maximum Gasteiger partial charge on any atom is 0.0768 e. The molecule has 0 bridgehead atoms. The smallest absolute Gasteiger partial charge is 0.0768 e. The molecule has 1 rings (SSSR count). The van der Waals surface area contributed by atoms with Crippen molar-refractivity contribution >= 4 is 17.2 Å². The molecule has 0 heterocycles. The highest BCUT2D eigenvalue weighted by Gasteiger charge is 2.19. The first-order chi connectivity index (χ1) is 6.61. The molecule has 82 valence electrons. The van der Waals surface area contributed by atoms with Gasteiger partial charge in [-0.2, -0.15) is 0 Å². The minimum Gasteiger partial charge on any atom is -0.393 e. The van der Waals surface area contributed by atoms with Crippen molar-refractivity contribution in [3.05, 3.63) is 0 Å². The second-order valence-corrected chi connectivity index (χ2v) is 5.01. The minimum atomic E-state index is 0.344. The summed E-state index contributed by atoms with van der Waals surface area (Å²) in [5, 5.41) is 0. The molecular weight excluding hydrogens is 192 g/mol.